The Morgan fingerprint density at radius 2 is 1.74 bits per heavy atom. The van der Waals surface area contributed by atoms with Crippen LogP contribution < -0.4 is 0 Å². The van der Waals surface area contributed by atoms with Gasteiger partial charge in [-0.05, 0) is 0 Å². The highest BCUT2D eigenvalue weighted by Crippen LogP contribution is 2.33. The first-order valence-electron chi connectivity index (χ1n) is 6.53. The normalized spacial score (nSPS) is 13.0. The summed E-state index contributed by atoms with van der Waals surface area (Å²) in [7, 11) is 1.88. The molecule has 4 heteroatoms. The summed E-state index contributed by atoms with van der Waals surface area (Å²) in [5.74, 6) is 0.875. The van der Waals surface area contributed by atoms with Gasteiger partial charge >= 0.3 is 0 Å². The number of aromatic nitrogens is 3. The van der Waals surface area contributed by atoms with E-state index < -0.39 is 0 Å². The first kappa shape index (κ1) is 13.8. The molecular formula is C15H22N3O. The molecule has 0 aliphatic carbocycles. The van der Waals surface area contributed by atoms with Crippen LogP contribution in [0.5, 0.6) is 0 Å². The molecule has 2 heterocycles. The number of rotatable bonds is 1. The van der Waals surface area contributed by atoms with Gasteiger partial charge < -0.3 is 4.52 Å². The summed E-state index contributed by atoms with van der Waals surface area (Å²) in [4.78, 5) is 0. The Bertz CT molecular complexity index is 579. The zero-order valence-corrected chi connectivity index (χ0v) is 12.8. The van der Waals surface area contributed by atoms with Crippen molar-refractivity contribution in [1.29, 1.82) is 0 Å². The quantitative estimate of drug-likeness (QED) is 0.788. The monoisotopic (exact) mass is 260 g/mol. The van der Waals surface area contributed by atoms with Gasteiger partial charge in [0.05, 0.1) is 17.5 Å². The smallest absolute Gasteiger partial charge is 0.142 e. The van der Waals surface area contributed by atoms with Crippen molar-refractivity contribution < 1.29 is 4.52 Å². The molecule has 0 unspecified atom stereocenters. The van der Waals surface area contributed by atoms with E-state index in [1.807, 2.05) is 13.1 Å². The van der Waals surface area contributed by atoms with Crippen LogP contribution in [0.3, 0.4) is 0 Å². The van der Waals surface area contributed by atoms with Gasteiger partial charge in [0.1, 0.15) is 11.5 Å². The second-order valence-electron chi connectivity index (χ2n) is 7.04. The van der Waals surface area contributed by atoms with E-state index in [1.54, 1.807) is 4.68 Å². The third-order valence-electron chi connectivity index (χ3n) is 2.98. The molecule has 1 radical (unpaired) electrons. The summed E-state index contributed by atoms with van der Waals surface area (Å²) in [6.45, 7) is 12.7. The average Bonchev–Trinajstić information content (AvgIpc) is 2.79. The molecule has 2 aromatic heterocycles. The fourth-order valence-corrected chi connectivity index (χ4v) is 1.89. The van der Waals surface area contributed by atoms with Gasteiger partial charge in [0.2, 0.25) is 0 Å². The zero-order valence-electron chi connectivity index (χ0n) is 12.8. The van der Waals surface area contributed by atoms with Crippen LogP contribution in [0, 0.1) is 6.20 Å². The Balaban J connectivity index is 2.51. The third-order valence-corrected chi connectivity index (χ3v) is 2.98. The van der Waals surface area contributed by atoms with Gasteiger partial charge in [-0.15, -0.1) is 0 Å². The SMILES string of the molecule is Cn1[c]c(-c2cc(C(C)(C)C)on2)c(C(C)(C)C)n1. The molecule has 0 fully saturated rings. The van der Waals surface area contributed by atoms with Crippen molar-refractivity contribution in [2.75, 3.05) is 0 Å². The summed E-state index contributed by atoms with van der Waals surface area (Å²) >= 11 is 0. The van der Waals surface area contributed by atoms with Gasteiger partial charge in [-0.2, -0.15) is 5.10 Å². The van der Waals surface area contributed by atoms with Gasteiger partial charge in [0.15, 0.2) is 0 Å². The maximum Gasteiger partial charge on any atom is 0.142 e. The van der Waals surface area contributed by atoms with Crippen LogP contribution >= 0.6 is 0 Å². The van der Waals surface area contributed by atoms with E-state index in [4.69, 9.17) is 4.52 Å². The van der Waals surface area contributed by atoms with Crippen LogP contribution in [0.2, 0.25) is 0 Å². The summed E-state index contributed by atoms with van der Waals surface area (Å²) in [5.41, 5.74) is 2.63. The number of hydrogen-bond donors (Lipinski definition) is 0. The van der Waals surface area contributed by atoms with Crippen molar-refractivity contribution in [2.45, 2.75) is 52.4 Å². The van der Waals surface area contributed by atoms with E-state index in [1.165, 1.54) is 0 Å². The van der Waals surface area contributed by atoms with E-state index >= 15 is 0 Å². The molecule has 0 atom stereocenters. The van der Waals surface area contributed by atoms with Crippen LogP contribution in [0.4, 0.5) is 0 Å². The lowest BCUT2D eigenvalue weighted by Crippen LogP contribution is -2.13. The van der Waals surface area contributed by atoms with Crippen LogP contribution in [-0.2, 0) is 17.9 Å². The fraction of sp³-hybridized carbons (Fsp3) is 0.600. The fourth-order valence-electron chi connectivity index (χ4n) is 1.89. The van der Waals surface area contributed by atoms with Crippen molar-refractivity contribution in [3.63, 3.8) is 0 Å². The van der Waals surface area contributed by atoms with Gasteiger partial charge in [-0.3, -0.25) is 4.68 Å². The number of nitrogens with zero attached hydrogens (tertiary/aromatic N) is 3. The molecule has 0 aliphatic rings. The van der Waals surface area contributed by atoms with E-state index in [9.17, 15) is 0 Å². The van der Waals surface area contributed by atoms with Crippen molar-refractivity contribution in [2.24, 2.45) is 7.05 Å². The molecule has 0 spiro atoms. The standard InChI is InChI=1S/C15H22N3O/c1-14(2,3)12-8-11(17-19-12)10-9-18(7)16-13(10)15(4,5)6/h8H,1-7H3. The highest BCUT2D eigenvalue weighted by molar-refractivity contribution is 5.62. The number of aryl methyl sites for hydroxylation is 1. The Morgan fingerprint density at radius 1 is 1.11 bits per heavy atom. The number of hydrogen-bond acceptors (Lipinski definition) is 3. The average molecular weight is 260 g/mol. The van der Waals surface area contributed by atoms with E-state index in [2.05, 4.69) is 58.0 Å². The van der Waals surface area contributed by atoms with Crippen molar-refractivity contribution in [3.05, 3.63) is 23.7 Å². The minimum absolute atomic E-state index is 0.0463. The van der Waals surface area contributed by atoms with Crippen molar-refractivity contribution in [1.82, 2.24) is 14.9 Å². The van der Waals surface area contributed by atoms with Gasteiger partial charge in [-0.1, -0.05) is 46.7 Å². The molecule has 19 heavy (non-hydrogen) atoms. The third kappa shape index (κ3) is 2.72. The lowest BCUT2D eigenvalue weighted by Gasteiger charge is -2.16. The van der Waals surface area contributed by atoms with E-state index in [0.29, 0.717) is 0 Å². The predicted octanol–water partition coefficient (Wildman–Crippen LogP) is 3.47. The molecule has 0 bridgehead atoms. The highest BCUT2D eigenvalue weighted by Gasteiger charge is 2.26. The summed E-state index contributed by atoms with van der Waals surface area (Å²) in [6, 6.07) is 1.99. The van der Waals surface area contributed by atoms with Crippen molar-refractivity contribution in [3.8, 4) is 11.3 Å². The molecule has 4 nitrogen and oxygen atoms in total. The molecular weight excluding hydrogens is 238 g/mol. The lowest BCUT2D eigenvalue weighted by atomic mass is 9.88. The maximum atomic E-state index is 5.45. The Hall–Kier alpha value is -1.58. The van der Waals surface area contributed by atoms with Gasteiger partial charge in [-0.25, -0.2) is 0 Å². The van der Waals surface area contributed by atoms with E-state index in [-0.39, 0.29) is 10.8 Å². The second-order valence-corrected chi connectivity index (χ2v) is 7.04. The molecule has 2 aromatic rings. The summed E-state index contributed by atoms with van der Waals surface area (Å²) in [6.07, 6.45) is 3.22. The molecule has 103 valence electrons. The van der Waals surface area contributed by atoms with E-state index in [0.717, 1.165) is 22.7 Å². The van der Waals surface area contributed by atoms with Crippen LogP contribution in [0.1, 0.15) is 53.0 Å². The molecule has 0 saturated carbocycles. The Labute approximate surface area is 114 Å². The molecule has 0 amide bonds. The Morgan fingerprint density at radius 3 is 2.21 bits per heavy atom. The van der Waals surface area contributed by atoms with Gasteiger partial charge in [0, 0.05) is 23.9 Å². The topological polar surface area (TPSA) is 43.9 Å². The summed E-state index contributed by atoms with van der Waals surface area (Å²) in [5, 5.41) is 8.69. The van der Waals surface area contributed by atoms with Crippen molar-refractivity contribution >= 4 is 0 Å². The predicted molar refractivity (Wildman–Crippen MR) is 74.9 cm³/mol. The minimum Gasteiger partial charge on any atom is -0.360 e. The first-order valence-corrected chi connectivity index (χ1v) is 6.53. The summed E-state index contributed by atoms with van der Waals surface area (Å²) < 4.78 is 7.16. The first-order chi connectivity index (χ1) is 8.59. The van der Waals surface area contributed by atoms with Crippen LogP contribution in [-0.4, -0.2) is 14.9 Å². The Kier molecular flexibility index (Phi) is 3.07. The van der Waals surface area contributed by atoms with Gasteiger partial charge in [0.25, 0.3) is 0 Å². The molecule has 0 aliphatic heterocycles. The zero-order chi connectivity index (χ0) is 14.4. The molecule has 2 rings (SSSR count). The largest absolute Gasteiger partial charge is 0.360 e. The molecule has 0 N–H and O–H groups in total. The highest BCUT2D eigenvalue weighted by atomic mass is 16.5. The maximum absolute atomic E-state index is 5.45. The minimum atomic E-state index is -0.0477. The lowest BCUT2D eigenvalue weighted by molar-refractivity contribution is 0.330. The van der Waals surface area contributed by atoms with Crippen LogP contribution in [0.15, 0.2) is 10.6 Å². The second kappa shape index (κ2) is 4.22. The van der Waals surface area contributed by atoms with Crippen LogP contribution in [0.25, 0.3) is 11.3 Å². The molecule has 0 aromatic carbocycles. The molecule has 0 saturated heterocycles.